The molecule has 0 bridgehead atoms. The summed E-state index contributed by atoms with van der Waals surface area (Å²) in [4.78, 5) is 59.4. The quantitative estimate of drug-likeness (QED) is 0.201. The molecule has 222 valence electrons. The van der Waals surface area contributed by atoms with Crippen LogP contribution in [0.15, 0.2) is 34.5 Å². The molecule has 2 aromatic rings. The Morgan fingerprint density at radius 1 is 1.19 bits per heavy atom. The number of thiazole rings is 1. The van der Waals surface area contributed by atoms with Gasteiger partial charge in [0.05, 0.1) is 23.7 Å². The molecule has 4 atom stereocenters. The number of carbonyl (C=O) groups excluding carboxylic acids is 4. The van der Waals surface area contributed by atoms with E-state index in [1.807, 2.05) is 0 Å². The number of amides is 2. The average molecular weight is 598 g/mol. The molecule has 42 heavy (non-hydrogen) atoms. The lowest BCUT2D eigenvalue weighted by molar-refractivity contribution is -0.153. The fourth-order valence-corrected chi connectivity index (χ4v) is 7.07. The number of aromatic hydroxyl groups is 1. The Hall–Kier alpha value is -4.27. The lowest BCUT2D eigenvalue weighted by Gasteiger charge is -2.50. The van der Waals surface area contributed by atoms with E-state index >= 15 is 0 Å². The summed E-state index contributed by atoms with van der Waals surface area (Å²) in [6.45, 7) is 0. The Kier molecular flexibility index (Phi) is 7.11. The third kappa shape index (κ3) is 4.25. The van der Waals surface area contributed by atoms with Crippen LogP contribution >= 0.6 is 11.3 Å². The van der Waals surface area contributed by atoms with Crippen LogP contribution in [0, 0.1) is 11.8 Å². The van der Waals surface area contributed by atoms with Crippen molar-refractivity contribution < 1.29 is 39.6 Å². The molecule has 14 heteroatoms. The molecule has 5 rings (SSSR count). The van der Waals surface area contributed by atoms with Crippen LogP contribution in [-0.4, -0.2) is 93.5 Å². The van der Waals surface area contributed by atoms with Crippen molar-refractivity contribution in [2.75, 3.05) is 38.4 Å². The van der Waals surface area contributed by atoms with E-state index in [1.165, 1.54) is 16.2 Å². The summed E-state index contributed by atoms with van der Waals surface area (Å²) in [7, 11) is 6.57. The second kappa shape index (κ2) is 10.2. The van der Waals surface area contributed by atoms with Gasteiger partial charge >= 0.3 is 0 Å². The Morgan fingerprint density at radius 3 is 2.45 bits per heavy atom. The highest BCUT2D eigenvalue weighted by Gasteiger charge is 2.64. The number of nitrogens with two attached hydrogens (primary N) is 1. The number of primary amides is 1. The minimum atomic E-state index is -2.73. The average Bonchev–Trinajstić information content (AvgIpc) is 3.40. The van der Waals surface area contributed by atoms with Crippen LogP contribution in [0.3, 0.4) is 0 Å². The number of nitrogens with one attached hydrogen (secondary N) is 1. The second-order valence-corrected chi connectivity index (χ2v) is 12.1. The fourth-order valence-electron chi connectivity index (χ4n) is 6.46. The minimum absolute atomic E-state index is 0.0147. The van der Waals surface area contributed by atoms with Crippen molar-refractivity contribution in [1.29, 1.82) is 0 Å². The highest BCUT2D eigenvalue weighted by molar-refractivity contribution is 7.09. The Labute approximate surface area is 244 Å². The highest BCUT2D eigenvalue weighted by Crippen LogP contribution is 2.54. The first-order chi connectivity index (χ1) is 19.7. The summed E-state index contributed by atoms with van der Waals surface area (Å²) in [5, 5.41) is 50.5. The predicted molar refractivity (Wildman–Crippen MR) is 153 cm³/mol. The van der Waals surface area contributed by atoms with Crippen molar-refractivity contribution in [3.8, 4) is 5.75 Å². The second-order valence-electron chi connectivity index (χ2n) is 11.2. The number of ketones is 2. The maximum absolute atomic E-state index is 14.0. The standard InChI is InChI=1S/C28H31N5O8S/c1-32(2)15-9-14(31-16(34)10-17-30-5-6-42-17)22(35)19-12(15)7-11-8-13-21(33(3)4)24(37)20(27(29)40)26(39)28(13,41)25(38)18(11)23(19)36/h5-6,9,11,13,21,35-36,39,41H,7-8,10H2,1-4H3,(H2,29,40)(H,31,34). The lowest BCUT2D eigenvalue weighted by atomic mass is 9.57. The fraction of sp³-hybridized carbons (Fsp3) is 0.393. The lowest BCUT2D eigenvalue weighted by Crippen LogP contribution is -2.65. The van der Waals surface area contributed by atoms with Gasteiger partial charge in [-0.1, -0.05) is 0 Å². The summed E-state index contributed by atoms with van der Waals surface area (Å²) in [5.41, 5.74) is 2.40. The van der Waals surface area contributed by atoms with Gasteiger partial charge < -0.3 is 36.4 Å². The van der Waals surface area contributed by atoms with E-state index in [-0.39, 0.29) is 36.1 Å². The summed E-state index contributed by atoms with van der Waals surface area (Å²) in [5.74, 6) is -7.85. The molecule has 1 saturated carbocycles. The summed E-state index contributed by atoms with van der Waals surface area (Å²) in [6.07, 6.45) is 1.62. The first kappa shape index (κ1) is 29.2. The van der Waals surface area contributed by atoms with Gasteiger partial charge in [-0.15, -0.1) is 11.3 Å². The van der Waals surface area contributed by atoms with E-state index in [2.05, 4.69) is 10.3 Å². The number of fused-ring (bicyclic) bond motifs is 3. The van der Waals surface area contributed by atoms with Gasteiger partial charge in [-0.25, -0.2) is 4.98 Å². The SMILES string of the molecule is CN(C)c1cc(NC(=O)Cc2nccs2)c(O)c2c1CC1CC3C(N(C)C)C(=O)C(C(N)=O)=C(O)C3(O)C(=O)C1=C2O. The van der Waals surface area contributed by atoms with E-state index in [1.54, 1.807) is 50.7 Å². The van der Waals surface area contributed by atoms with Crippen LogP contribution in [0.5, 0.6) is 5.75 Å². The Balaban J connectivity index is 1.66. The molecule has 3 aliphatic rings. The predicted octanol–water partition coefficient (Wildman–Crippen LogP) is 0.668. The number of carbonyl (C=O) groups is 4. The first-order valence-corrected chi connectivity index (χ1v) is 14.0. The summed E-state index contributed by atoms with van der Waals surface area (Å²) >= 11 is 1.29. The molecule has 13 nitrogen and oxygen atoms in total. The molecule has 1 heterocycles. The number of likely N-dealkylation sites (N-methyl/N-ethyl adjacent to an activating group) is 1. The molecular weight excluding hydrogens is 566 g/mol. The Bertz CT molecular complexity index is 1600. The van der Waals surface area contributed by atoms with E-state index in [4.69, 9.17) is 5.73 Å². The van der Waals surface area contributed by atoms with Crippen LogP contribution in [0.1, 0.15) is 22.6 Å². The van der Waals surface area contributed by atoms with Gasteiger partial charge in [0.25, 0.3) is 5.91 Å². The van der Waals surface area contributed by atoms with Crippen LogP contribution in [0.2, 0.25) is 0 Å². The number of aromatic nitrogens is 1. The number of benzene rings is 1. The number of aliphatic hydroxyl groups excluding tert-OH is 2. The van der Waals surface area contributed by atoms with Gasteiger partial charge in [-0.2, -0.15) is 0 Å². The molecular formula is C28H31N5O8S. The van der Waals surface area contributed by atoms with Crippen LogP contribution in [0.4, 0.5) is 11.4 Å². The summed E-state index contributed by atoms with van der Waals surface area (Å²) < 4.78 is 0. The van der Waals surface area contributed by atoms with Crippen molar-refractivity contribution in [2.24, 2.45) is 17.6 Å². The molecule has 0 spiro atoms. The number of Topliss-reactive ketones (excluding diaryl/α,β-unsaturated/α-hetero) is 2. The minimum Gasteiger partial charge on any atom is -0.508 e. The molecule has 2 amide bonds. The maximum Gasteiger partial charge on any atom is 0.255 e. The number of anilines is 2. The molecule has 0 radical (unpaired) electrons. The van der Waals surface area contributed by atoms with Gasteiger partial charge in [0, 0.05) is 42.9 Å². The van der Waals surface area contributed by atoms with Crippen molar-refractivity contribution >= 4 is 51.9 Å². The molecule has 0 saturated heterocycles. The Morgan fingerprint density at radius 2 is 1.88 bits per heavy atom. The number of nitrogens with zero attached hydrogens (tertiary/aromatic N) is 3. The zero-order valence-electron chi connectivity index (χ0n) is 23.3. The van der Waals surface area contributed by atoms with Gasteiger partial charge in [-0.3, -0.25) is 24.1 Å². The van der Waals surface area contributed by atoms with Crippen LogP contribution < -0.4 is 16.0 Å². The molecule has 1 fully saturated rings. The van der Waals surface area contributed by atoms with Crippen molar-refractivity contribution in [2.45, 2.75) is 30.9 Å². The number of rotatable bonds is 6. The van der Waals surface area contributed by atoms with Gasteiger partial charge in [-0.05, 0) is 44.5 Å². The molecule has 3 aliphatic carbocycles. The molecule has 1 aromatic carbocycles. The van der Waals surface area contributed by atoms with Crippen molar-refractivity contribution in [3.63, 3.8) is 0 Å². The number of hydrogen-bond acceptors (Lipinski definition) is 12. The van der Waals surface area contributed by atoms with E-state index in [0.29, 0.717) is 16.3 Å². The highest BCUT2D eigenvalue weighted by atomic mass is 32.1. The van der Waals surface area contributed by atoms with Crippen molar-refractivity contribution in [1.82, 2.24) is 9.88 Å². The number of phenols is 1. The monoisotopic (exact) mass is 597 g/mol. The van der Waals surface area contributed by atoms with E-state index < -0.39 is 69.7 Å². The van der Waals surface area contributed by atoms with Crippen LogP contribution in [0.25, 0.3) is 5.76 Å². The van der Waals surface area contributed by atoms with Gasteiger partial charge in [0.2, 0.25) is 11.7 Å². The number of phenolic OH excluding ortho intramolecular Hbond substituents is 1. The van der Waals surface area contributed by atoms with Crippen LogP contribution in [-0.2, 0) is 32.0 Å². The molecule has 7 N–H and O–H groups in total. The first-order valence-electron chi connectivity index (χ1n) is 13.1. The number of aliphatic hydroxyl groups is 3. The topological polar surface area (TPSA) is 207 Å². The molecule has 1 aromatic heterocycles. The number of hydrogen-bond donors (Lipinski definition) is 6. The van der Waals surface area contributed by atoms with E-state index in [0.717, 1.165) is 0 Å². The van der Waals surface area contributed by atoms with Crippen molar-refractivity contribution in [3.05, 3.63) is 50.7 Å². The molecule has 0 aliphatic heterocycles. The third-order valence-corrected chi connectivity index (χ3v) is 9.03. The van der Waals surface area contributed by atoms with Gasteiger partial charge in [0.1, 0.15) is 27.8 Å². The smallest absolute Gasteiger partial charge is 0.255 e. The molecule has 4 unspecified atom stereocenters. The zero-order chi connectivity index (χ0) is 30.8. The maximum atomic E-state index is 14.0. The zero-order valence-corrected chi connectivity index (χ0v) is 24.2. The normalized spacial score (nSPS) is 25.2. The van der Waals surface area contributed by atoms with E-state index in [9.17, 15) is 39.6 Å². The van der Waals surface area contributed by atoms with Gasteiger partial charge in [0.15, 0.2) is 11.4 Å². The summed E-state index contributed by atoms with van der Waals surface area (Å²) in [6, 6.07) is 0.396. The largest absolute Gasteiger partial charge is 0.508 e. The third-order valence-electron chi connectivity index (χ3n) is 8.25.